The van der Waals surface area contributed by atoms with Crippen molar-refractivity contribution in [1.82, 2.24) is 20.1 Å². The molecule has 0 unspecified atom stereocenters. The average molecular weight is 488 g/mol. The Labute approximate surface area is 199 Å². The molecule has 0 fully saturated rings. The largest absolute Gasteiger partial charge is 0.465 e. The Morgan fingerprint density at radius 2 is 1.88 bits per heavy atom. The van der Waals surface area contributed by atoms with Crippen LogP contribution in [0, 0.1) is 6.92 Å². The van der Waals surface area contributed by atoms with Crippen molar-refractivity contribution >= 4 is 46.8 Å². The number of nitrogens with zero attached hydrogens (tertiary/aromatic N) is 3. The number of carbonyl (C=O) groups excluding carboxylic acids is 3. The molecule has 0 spiro atoms. The minimum Gasteiger partial charge on any atom is -0.465 e. The van der Waals surface area contributed by atoms with Gasteiger partial charge < -0.3 is 19.9 Å². The van der Waals surface area contributed by atoms with E-state index >= 15 is 0 Å². The number of amides is 2. The summed E-state index contributed by atoms with van der Waals surface area (Å²) in [5.41, 5.74) is 2.07. The molecule has 0 radical (unpaired) electrons. The maximum Gasteiger partial charge on any atom is 0.339 e. The Bertz CT molecular complexity index is 1200. The number of halogens is 1. The van der Waals surface area contributed by atoms with Crippen LogP contribution in [0.4, 0.5) is 5.69 Å². The molecule has 3 aromatic rings. The van der Waals surface area contributed by atoms with Gasteiger partial charge in [0, 0.05) is 18.3 Å². The van der Waals surface area contributed by atoms with Crippen molar-refractivity contribution in [1.29, 1.82) is 0 Å². The number of anilines is 1. The van der Waals surface area contributed by atoms with E-state index in [9.17, 15) is 14.4 Å². The molecule has 0 bridgehead atoms. The van der Waals surface area contributed by atoms with E-state index in [0.29, 0.717) is 22.2 Å². The molecule has 1 heterocycles. The molecular weight excluding hydrogens is 466 g/mol. The zero-order valence-electron chi connectivity index (χ0n) is 18.2. The van der Waals surface area contributed by atoms with Gasteiger partial charge in [0.25, 0.3) is 5.91 Å². The first-order valence-corrected chi connectivity index (χ1v) is 11.2. The smallest absolute Gasteiger partial charge is 0.339 e. The van der Waals surface area contributed by atoms with E-state index in [4.69, 9.17) is 11.6 Å². The van der Waals surface area contributed by atoms with Crippen LogP contribution in [-0.4, -0.2) is 45.4 Å². The summed E-state index contributed by atoms with van der Waals surface area (Å²) in [7, 11) is 3.02. The summed E-state index contributed by atoms with van der Waals surface area (Å²) in [5, 5.41) is 14.5. The zero-order chi connectivity index (χ0) is 24.0. The van der Waals surface area contributed by atoms with E-state index in [1.165, 1.54) is 31.0 Å². The molecule has 2 N–H and O–H groups in total. The predicted octanol–water partition coefficient (Wildman–Crippen LogP) is 3.22. The van der Waals surface area contributed by atoms with Gasteiger partial charge in [-0.2, -0.15) is 0 Å². The second kappa shape index (κ2) is 11.0. The first-order valence-electron chi connectivity index (χ1n) is 9.82. The number of methoxy groups -OCH3 is 1. The number of aromatic nitrogens is 3. The number of hydrogen-bond donors (Lipinski definition) is 2. The number of nitrogens with one attached hydrogen (secondary N) is 2. The number of aryl methyl sites for hydroxylation is 1. The third-order valence-corrected chi connectivity index (χ3v) is 6.06. The highest BCUT2D eigenvalue weighted by molar-refractivity contribution is 7.99. The molecule has 0 saturated carbocycles. The van der Waals surface area contributed by atoms with Crippen LogP contribution in [0.25, 0.3) is 0 Å². The molecule has 0 aliphatic heterocycles. The quantitative estimate of drug-likeness (QED) is 0.370. The molecule has 11 heteroatoms. The van der Waals surface area contributed by atoms with E-state index in [0.717, 1.165) is 5.56 Å². The number of benzene rings is 2. The second-order valence-corrected chi connectivity index (χ2v) is 8.33. The third kappa shape index (κ3) is 6.11. The topological polar surface area (TPSA) is 115 Å². The van der Waals surface area contributed by atoms with Crippen molar-refractivity contribution in [2.24, 2.45) is 7.05 Å². The number of esters is 1. The van der Waals surface area contributed by atoms with Crippen LogP contribution < -0.4 is 10.6 Å². The number of rotatable bonds is 8. The summed E-state index contributed by atoms with van der Waals surface area (Å²) in [6, 6.07) is 11.9. The molecular formula is C22H22ClN5O4S. The van der Waals surface area contributed by atoms with Crippen molar-refractivity contribution in [3.05, 3.63) is 70.0 Å². The summed E-state index contributed by atoms with van der Waals surface area (Å²) < 4.78 is 6.40. The van der Waals surface area contributed by atoms with E-state index in [1.54, 1.807) is 23.7 Å². The van der Waals surface area contributed by atoms with E-state index in [1.807, 2.05) is 25.1 Å². The number of thioether (sulfide) groups is 1. The lowest BCUT2D eigenvalue weighted by atomic mass is 10.1. The Morgan fingerprint density at radius 3 is 2.61 bits per heavy atom. The highest BCUT2D eigenvalue weighted by Crippen LogP contribution is 2.22. The highest BCUT2D eigenvalue weighted by atomic mass is 35.5. The lowest BCUT2D eigenvalue weighted by Gasteiger charge is -2.09. The SMILES string of the molecule is COC(=O)c1cc(NC(=O)CSc2nnc(CNC(=O)c3ccccc3C)n2C)ccc1Cl. The number of ether oxygens (including phenoxy) is 1. The van der Waals surface area contributed by atoms with Crippen LogP contribution in [0.15, 0.2) is 47.6 Å². The van der Waals surface area contributed by atoms with Gasteiger partial charge in [0.2, 0.25) is 5.91 Å². The minimum atomic E-state index is -0.591. The maximum absolute atomic E-state index is 12.4. The number of carbonyl (C=O) groups is 3. The van der Waals surface area contributed by atoms with Gasteiger partial charge in [-0.05, 0) is 36.8 Å². The molecule has 1 aromatic heterocycles. The summed E-state index contributed by atoms with van der Waals surface area (Å²) in [6.07, 6.45) is 0. The second-order valence-electron chi connectivity index (χ2n) is 6.98. The van der Waals surface area contributed by atoms with Crippen molar-refractivity contribution in [2.75, 3.05) is 18.2 Å². The van der Waals surface area contributed by atoms with Crippen LogP contribution in [-0.2, 0) is 23.1 Å². The Morgan fingerprint density at radius 1 is 1.12 bits per heavy atom. The average Bonchev–Trinajstić information content (AvgIpc) is 3.16. The predicted molar refractivity (Wildman–Crippen MR) is 125 cm³/mol. The zero-order valence-corrected chi connectivity index (χ0v) is 19.8. The first kappa shape index (κ1) is 24.3. The monoisotopic (exact) mass is 487 g/mol. The van der Waals surface area contributed by atoms with Crippen molar-refractivity contribution in [3.8, 4) is 0 Å². The lowest BCUT2D eigenvalue weighted by molar-refractivity contribution is -0.113. The molecule has 0 atom stereocenters. The van der Waals surface area contributed by atoms with Crippen LogP contribution in [0.1, 0.15) is 32.1 Å². The molecule has 0 aliphatic rings. The molecule has 0 aliphatic carbocycles. The Kier molecular flexibility index (Phi) is 8.07. The van der Waals surface area contributed by atoms with E-state index < -0.39 is 5.97 Å². The van der Waals surface area contributed by atoms with Gasteiger partial charge in [-0.15, -0.1) is 10.2 Å². The van der Waals surface area contributed by atoms with Crippen molar-refractivity contribution < 1.29 is 19.1 Å². The van der Waals surface area contributed by atoms with Gasteiger partial charge in [0.1, 0.15) is 0 Å². The maximum atomic E-state index is 12.4. The molecule has 2 amide bonds. The Balaban J connectivity index is 1.55. The molecule has 9 nitrogen and oxygen atoms in total. The van der Waals surface area contributed by atoms with Crippen molar-refractivity contribution in [3.63, 3.8) is 0 Å². The van der Waals surface area contributed by atoms with Crippen LogP contribution in [0.2, 0.25) is 5.02 Å². The van der Waals surface area contributed by atoms with Crippen molar-refractivity contribution in [2.45, 2.75) is 18.6 Å². The molecule has 3 rings (SSSR count). The van der Waals surface area contributed by atoms with E-state index in [-0.39, 0.29) is 34.7 Å². The van der Waals surface area contributed by atoms with E-state index in [2.05, 4.69) is 25.6 Å². The summed E-state index contributed by atoms with van der Waals surface area (Å²) in [5.74, 6) is -0.459. The first-order chi connectivity index (χ1) is 15.8. The van der Waals surface area contributed by atoms with Crippen LogP contribution in [0.3, 0.4) is 0 Å². The van der Waals surface area contributed by atoms with Gasteiger partial charge in [-0.1, -0.05) is 41.6 Å². The fourth-order valence-corrected chi connectivity index (χ4v) is 3.83. The molecule has 0 saturated heterocycles. The molecule has 33 heavy (non-hydrogen) atoms. The standard InChI is InChI=1S/C22H22ClN5O4S/c1-13-6-4-5-7-15(13)20(30)24-11-18-26-27-22(28(18)2)33-12-19(29)25-14-8-9-17(23)16(10-14)21(31)32-3/h4-10H,11-12H2,1-3H3,(H,24,30)(H,25,29). The number of hydrogen-bond acceptors (Lipinski definition) is 7. The van der Waals surface area contributed by atoms with Gasteiger partial charge in [-0.3, -0.25) is 9.59 Å². The molecule has 172 valence electrons. The fraction of sp³-hybridized carbons (Fsp3) is 0.227. The summed E-state index contributed by atoms with van der Waals surface area (Å²) >= 11 is 7.19. The van der Waals surface area contributed by atoms with Gasteiger partial charge >= 0.3 is 5.97 Å². The molecule has 2 aromatic carbocycles. The summed E-state index contributed by atoms with van der Waals surface area (Å²) in [4.78, 5) is 36.5. The van der Waals surface area contributed by atoms with Gasteiger partial charge in [0.05, 0.1) is 30.0 Å². The normalized spacial score (nSPS) is 10.5. The van der Waals surface area contributed by atoms with Gasteiger partial charge in [-0.25, -0.2) is 4.79 Å². The van der Waals surface area contributed by atoms with Crippen LogP contribution in [0.5, 0.6) is 0 Å². The van der Waals surface area contributed by atoms with Crippen LogP contribution >= 0.6 is 23.4 Å². The fourth-order valence-electron chi connectivity index (χ4n) is 2.90. The third-order valence-electron chi connectivity index (χ3n) is 4.71. The minimum absolute atomic E-state index is 0.0672. The van der Waals surface area contributed by atoms with Gasteiger partial charge in [0.15, 0.2) is 11.0 Å². The Hall–Kier alpha value is -3.37. The lowest BCUT2D eigenvalue weighted by Crippen LogP contribution is -2.25. The summed E-state index contributed by atoms with van der Waals surface area (Å²) in [6.45, 7) is 2.07. The highest BCUT2D eigenvalue weighted by Gasteiger charge is 2.15.